The van der Waals surface area contributed by atoms with E-state index in [4.69, 9.17) is 24.4 Å². The Balaban J connectivity index is 0.00000107. The zero-order chi connectivity index (χ0) is 22.9. The van der Waals surface area contributed by atoms with Crippen molar-refractivity contribution in [2.45, 2.75) is 20.8 Å². The van der Waals surface area contributed by atoms with Gasteiger partial charge in [0.2, 0.25) is 0 Å². The summed E-state index contributed by atoms with van der Waals surface area (Å²) in [5.41, 5.74) is 5.29. The van der Waals surface area contributed by atoms with Gasteiger partial charge in [-0.1, -0.05) is 48.0 Å². The number of hydrogen-bond acceptors (Lipinski definition) is 4. The molecular weight excluding hydrogens is 501 g/mol. The van der Waals surface area contributed by atoms with Crippen molar-refractivity contribution in [3.05, 3.63) is 82.7 Å². The van der Waals surface area contributed by atoms with Crippen LogP contribution in [0.5, 0.6) is 5.75 Å². The monoisotopic (exact) mass is 520 g/mol. The van der Waals surface area contributed by atoms with Gasteiger partial charge in [-0.15, -0.1) is 15.8 Å². The van der Waals surface area contributed by atoms with E-state index in [0.29, 0.717) is 11.4 Å². The number of aromatic nitrogens is 1. The van der Waals surface area contributed by atoms with Crippen LogP contribution in [0.25, 0.3) is 0 Å². The van der Waals surface area contributed by atoms with Crippen LogP contribution in [-0.4, -0.2) is 20.8 Å². The topological polar surface area (TPSA) is 82.2 Å². The van der Waals surface area contributed by atoms with Gasteiger partial charge in [0.15, 0.2) is 0 Å². The van der Waals surface area contributed by atoms with Gasteiger partial charge in [0.25, 0.3) is 0 Å². The number of aryl methyl sites for hydroxylation is 3. The molecule has 2 aromatic carbocycles. The van der Waals surface area contributed by atoms with Crippen LogP contribution in [-0.2, 0) is 23.4 Å². The van der Waals surface area contributed by atoms with Crippen molar-refractivity contribution < 1.29 is 25.7 Å². The molecule has 3 aromatic rings. The zero-order valence-electron chi connectivity index (χ0n) is 16.9. The molecular formula is C21H20Cl2FeN3O3S. The maximum atomic E-state index is 11.9. The van der Waals surface area contributed by atoms with E-state index in [1.54, 1.807) is 36.5 Å². The summed E-state index contributed by atoms with van der Waals surface area (Å²) in [7, 11) is 5.43. The molecule has 0 radical (unpaired) electrons. The molecule has 3 rings (SSSR count). The van der Waals surface area contributed by atoms with Gasteiger partial charge in [0, 0.05) is 12.4 Å². The molecule has 0 amide bonds. The van der Waals surface area contributed by atoms with E-state index in [-0.39, 0.29) is 18.9 Å². The summed E-state index contributed by atoms with van der Waals surface area (Å²) in [6.45, 7) is 6.08. The molecule has 31 heavy (non-hydrogen) atoms. The Morgan fingerprint density at radius 3 is 2.06 bits per heavy atom. The van der Waals surface area contributed by atoms with Crippen LogP contribution in [0.4, 0.5) is 5.69 Å². The van der Waals surface area contributed by atoms with Crippen molar-refractivity contribution in [2.75, 3.05) is 0 Å². The summed E-state index contributed by atoms with van der Waals surface area (Å²) >= 11 is 0.194. The first-order valence-electron chi connectivity index (χ1n) is 8.89. The second-order valence-corrected chi connectivity index (χ2v) is 9.47. The van der Waals surface area contributed by atoms with Crippen molar-refractivity contribution >= 4 is 48.6 Å². The summed E-state index contributed by atoms with van der Waals surface area (Å²) < 4.78 is 32.2. The van der Waals surface area contributed by atoms with E-state index < -0.39 is 10.3 Å². The first-order valence-corrected chi connectivity index (χ1v) is 13.3. The van der Waals surface area contributed by atoms with Gasteiger partial charge < -0.3 is 9.17 Å². The summed E-state index contributed by atoms with van der Waals surface area (Å²) in [6, 6.07) is 15.8. The minimum absolute atomic E-state index is 0.194. The molecule has 0 spiro atoms. The predicted octanol–water partition coefficient (Wildman–Crippen LogP) is 5.44. The fourth-order valence-corrected chi connectivity index (χ4v) is 3.42. The predicted molar refractivity (Wildman–Crippen MR) is 123 cm³/mol. The Labute approximate surface area is 197 Å². The van der Waals surface area contributed by atoms with E-state index in [2.05, 4.69) is 26.5 Å². The Hall–Kier alpha value is -2.09. The van der Waals surface area contributed by atoms with Crippen LogP contribution in [0, 0.1) is 20.8 Å². The Morgan fingerprint density at radius 2 is 1.48 bits per heavy atom. The first kappa shape index (κ1) is 25.2. The molecule has 0 saturated carbocycles. The van der Waals surface area contributed by atoms with Crippen molar-refractivity contribution in [1.29, 1.82) is 0 Å². The van der Waals surface area contributed by atoms with Crippen LogP contribution in [0.2, 0.25) is 0 Å². The Kier molecular flexibility index (Phi) is 9.81. The average molecular weight is 521 g/mol. The molecule has 6 nitrogen and oxygen atoms in total. The number of aliphatic imine (C=N–C) groups is 1. The van der Waals surface area contributed by atoms with E-state index in [1.165, 1.54) is 17.7 Å². The molecule has 0 aliphatic heterocycles. The van der Waals surface area contributed by atoms with E-state index in [1.807, 2.05) is 20.8 Å². The normalized spacial score (nSPS) is 11.5. The van der Waals surface area contributed by atoms with Gasteiger partial charge in [0.05, 0.1) is 5.69 Å². The van der Waals surface area contributed by atoms with Gasteiger partial charge in [-0.25, -0.2) is 0 Å². The molecule has 0 saturated heterocycles. The number of rotatable bonds is 6. The Morgan fingerprint density at radius 1 is 0.935 bits per heavy atom. The number of para-hydroxylation sites is 1. The van der Waals surface area contributed by atoms with Gasteiger partial charge >= 0.3 is 43.6 Å². The quantitative estimate of drug-likeness (QED) is 0.320. The summed E-state index contributed by atoms with van der Waals surface area (Å²) in [5, 5.41) is 0. The van der Waals surface area contributed by atoms with Gasteiger partial charge in [-0.3, -0.25) is 4.99 Å². The molecule has 0 fully saturated rings. The van der Waals surface area contributed by atoms with E-state index in [9.17, 15) is 8.42 Å². The summed E-state index contributed by atoms with van der Waals surface area (Å²) in [6.07, 6.45) is 2.80. The van der Waals surface area contributed by atoms with E-state index in [0.717, 1.165) is 23.0 Å². The van der Waals surface area contributed by atoms with Crippen molar-refractivity contribution in [3.8, 4) is 5.75 Å². The molecule has 10 heteroatoms. The molecule has 1 heterocycles. The standard InChI is InChI=1S/C21H20N3O3S.2ClH.Fe/c1-15-11-16(2)21(17(3)12-15)22-13-18-9-10-19(24-18)14-23-28(25,26)27-20-7-5-4-6-8-20;;;/h4-14H,1-3H3;2*1H;/q-1;;;+3/p-2/b22-13?,23-14+;;;. The fraction of sp³-hybridized carbons (Fsp3) is 0.143. The van der Waals surface area contributed by atoms with Crippen molar-refractivity contribution in [2.24, 2.45) is 9.39 Å². The van der Waals surface area contributed by atoms with E-state index >= 15 is 0 Å². The number of halogens is 2. The van der Waals surface area contributed by atoms with Crippen LogP contribution < -0.4 is 9.17 Å². The second kappa shape index (κ2) is 12.1. The molecule has 1 aromatic heterocycles. The molecule has 165 valence electrons. The van der Waals surface area contributed by atoms with Crippen LogP contribution in [0.1, 0.15) is 28.1 Å². The minimum atomic E-state index is -4.10. The summed E-state index contributed by atoms with van der Waals surface area (Å²) in [4.78, 5) is 8.81. The molecule has 0 bridgehead atoms. The third kappa shape index (κ3) is 8.51. The molecule has 0 N–H and O–H groups in total. The van der Waals surface area contributed by atoms with Crippen molar-refractivity contribution in [1.82, 2.24) is 4.98 Å². The van der Waals surface area contributed by atoms with Crippen molar-refractivity contribution in [3.63, 3.8) is 0 Å². The zero-order valence-corrected chi connectivity index (χ0v) is 20.4. The molecule has 0 aliphatic carbocycles. The van der Waals surface area contributed by atoms with Gasteiger partial charge in [-0.05, 0) is 44.0 Å². The average Bonchev–Trinajstić information content (AvgIpc) is 3.15. The molecule has 0 aliphatic rings. The van der Waals surface area contributed by atoms with Gasteiger partial charge in [-0.2, -0.15) is 8.42 Å². The Bertz CT molecular complexity index is 1140. The molecule has 0 unspecified atom stereocenters. The third-order valence-electron chi connectivity index (χ3n) is 3.90. The van der Waals surface area contributed by atoms with Crippen LogP contribution in [0.3, 0.4) is 0 Å². The van der Waals surface area contributed by atoms with Crippen LogP contribution in [0.15, 0.2) is 64.0 Å². The summed E-state index contributed by atoms with van der Waals surface area (Å²) in [5.74, 6) is 0.201. The molecule has 0 atom stereocenters. The first-order chi connectivity index (χ1) is 14.7. The fourth-order valence-electron chi connectivity index (χ4n) is 2.78. The number of hydrogen-bond donors (Lipinski definition) is 0. The maximum absolute atomic E-state index is 11.9. The third-order valence-corrected chi connectivity index (χ3v) is 4.67. The second-order valence-electron chi connectivity index (χ2n) is 6.41. The SMILES string of the molecule is Cc1cc(C)c(N=Cc2ccc(/C=N/S(=O)(=O)Oc3ccccc3)[n-]2)c(C)c1.[Cl][Fe+][Cl]. The van der Waals surface area contributed by atoms with Crippen LogP contribution >= 0.6 is 20.2 Å². The number of nitrogens with zero attached hydrogens (tertiary/aromatic N) is 3. The number of benzene rings is 2. The van der Waals surface area contributed by atoms with Gasteiger partial charge in [0.1, 0.15) is 5.75 Å².